The molecule has 4 nitrogen and oxygen atoms in total. The van der Waals surface area contributed by atoms with Crippen molar-refractivity contribution in [2.75, 3.05) is 19.6 Å². The Bertz CT molecular complexity index is 291. The maximum absolute atomic E-state index is 11.9. The average Bonchev–Trinajstić information content (AvgIpc) is 2.40. The molecule has 4 heteroatoms. The SMILES string of the molecule is CCCC(C)(N)C(=O)NCCCCN1CCCCC1C. The minimum atomic E-state index is -0.712. The summed E-state index contributed by atoms with van der Waals surface area (Å²) in [7, 11) is 0. The molecule has 0 aromatic rings. The van der Waals surface area contributed by atoms with Gasteiger partial charge in [-0.3, -0.25) is 4.79 Å². The summed E-state index contributed by atoms with van der Waals surface area (Å²) in [6.45, 7) is 9.35. The largest absolute Gasteiger partial charge is 0.355 e. The van der Waals surface area contributed by atoms with E-state index in [0.717, 1.165) is 44.8 Å². The molecule has 1 amide bonds. The van der Waals surface area contributed by atoms with E-state index >= 15 is 0 Å². The molecule has 0 bridgehead atoms. The Morgan fingerprint density at radius 3 is 2.80 bits per heavy atom. The van der Waals surface area contributed by atoms with Crippen LogP contribution in [0.15, 0.2) is 0 Å². The Balaban J connectivity index is 2.11. The van der Waals surface area contributed by atoms with Crippen LogP contribution in [0.5, 0.6) is 0 Å². The van der Waals surface area contributed by atoms with Crippen LogP contribution in [0, 0.1) is 0 Å². The van der Waals surface area contributed by atoms with Gasteiger partial charge in [0.1, 0.15) is 0 Å². The van der Waals surface area contributed by atoms with E-state index in [-0.39, 0.29) is 5.91 Å². The lowest BCUT2D eigenvalue weighted by Crippen LogP contribution is -2.51. The molecule has 0 aromatic heterocycles. The Morgan fingerprint density at radius 1 is 1.40 bits per heavy atom. The van der Waals surface area contributed by atoms with E-state index in [1.165, 1.54) is 25.8 Å². The van der Waals surface area contributed by atoms with E-state index in [9.17, 15) is 4.79 Å². The van der Waals surface area contributed by atoms with Crippen LogP contribution in [-0.4, -0.2) is 42.0 Å². The van der Waals surface area contributed by atoms with E-state index in [2.05, 4.69) is 24.1 Å². The highest BCUT2D eigenvalue weighted by Gasteiger charge is 2.26. The van der Waals surface area contributed by atoms with Crippen LogP contribution in [0.25, 0.3) is 0 Å². The standard InChI is InChI=1S/C16H33N3O/c1-4-10-16(3,17)15(20)18-11-6-8-13-19-12-7-5-9-14(19)2/h14H,4-13,17H2,1-3H3,(H,18,20). The second-order valence-corrected chi connectivity index (χ2v) is 6.51. The lowest BCUT2D eigenvalue weighted by molar-refractivity contribution is -0.126. The molecule has 0 saturated carbocycles. The van der Waals surface area contributed by atoms with Crippen molar-refractivity contribution < 1.29 is 4.79 Å². The van der Waals surface area contributed by atoms with Gasteiger partial charge in [-0.05, 0) is 59.0 Å². The average molecular weight is 283 g/mol. The zero-order valence-corrected chi connectivity index (χ0v) is 13.6. The molecular weight excluding hydrogens is 250 g/mol. The first-order chi connectivity index (χ1) is 9.47. The van der Waals surface area contributed by atoms with Crippen LogP contribution in [0.1, 0.15) is 65.7 Å². The molecule has 1 rings (SSSR count). The predicted molar refractivity (Wildman–Crippen MR) is 84.6 cm³/mol. The Hall–Kier alpha value is -0.610. The summed E-state index contributed by atoms with van der Waals surface area (Å²) in [6, 6.07) is 0.732. The maximum atomic E-state index is 11.9. The summed E-state index contributed by atoms with van der Waals surface area (Å²) in [5.74, 6) is -0.00862. The summed E-state index contributed by atoms with van der Waals surface area (Å²) < 4.78 is 0. The van der Waals surface area contributed by atoms with Crippen molar-refractivity contribution in [3.05, 3.63) is 0 Å². The summed E-state index contributed by atoms with van der Waals surface area (Å²) in [4.78, 5) is 14.5. The lowest BCUT2D eigenvalue weighted by atomic mass is 9.96. The van der Waals surface area contributed by atoms with Crippen molar-refractivity contribution >= 4 is 5.91 Å². The monoisotopic (exact) mass is 283 g/mol. The second-order valence-electron chi connectivity index (χ2n) is 6.51. The molecule has 3 N–H and O–H groups in total. The molecule has 0 aliphatic carbocycles. The number of amides is 1. The Labute approximate surface area is 124 Å². The fourth-order valence-corrected chi connectivity index (χ4v) is 2.97. The third-order valence-corrected chi connectivity index (χ3v) is 4.39. The van der Waals surface area contributed by atoms with Gasteiger partial charge in [-0.2, -0.15) is 0 Å². The first-order valence-electron chi connectivity index (χ1n) is 8.28. The van der Waals surface area contributed by atoms with Gasteiger partial charge in [0, 0.05) is 12.6 Å². The number of hydrogen-bond acceptors (Lipinski definition) is 3. The maximum Gasteiger partial charge on any atom is 0.239 e. The van der Waals surface area contributed by atoms with Gasteiger partial charge in [0.25, 0.3) is 0 Å². The van der Waals surface area contributed by atoms with Crippen molar-refractivity contribution in [3.8, 4) is 0 Å². The van der Waals surface area contributed by atoms with E-state index < -0.39 is 5.54 Å². The smallest absolute Gasteiger partial charge is 0.239 e. The fraction of sp³-hybridized carbons (Fsp3) is 0.938. The van der Waals surface area contributed by atoms with E-state index in [0.29, 0.717) is 0 Å². The third kappa shape index (κ3) is 5.80. The molecule has 1 aliphatic heterocycles. The quantitative estimate of drug-likeness (QED) is 0.672. The van der Waals surface area contributed by atoms with Gasteiger partial charge >= 0.3 is 0 Å². The lowest BCUT2D eigenvalue weighted by Gasteiger charge is -2.33. The number of rotatable bonds is 8. The number of nitrogens with one attached hydrogen (secondary N) is 1. The highest BCUT2D eigenvalue weighted by atomic mass is 16.2. The topological polar surface area (TPSA) is 58.4 Å². The molecule has 1 fully saturated rings. The highest BCUT2D eigenvalue weighted by molar-refractivity contribution is 5.85. The Kier molecular flexibility index (Phi) is 7.52. The first kappa shape index (κ1) is 17.4. The van der Waals surface area contributed by atoms with Gasteiger partial charge in [0.2, 0.25) is 5.91 Å². The molecule has 0 aromatic carbocycles. The van der Waals surface area contributed by atoms with Crippen molar-refractivity contribution in [3.63, 3.8) is 0 Å². The van der Waals surface area contributed by atoms with Crippen LogP contribution in [0.4, 0.5) is 0 Å². The van der Waals surface area contributed by atoms with Crippen LogP contribution in [-0.2, 0) is 4.79 Å². The van der Waals surface area contributed by atoms with Crippen molar-refractivity contribution in [2.24, 2.45) is 5.73 Å². The molecule has 0 radical (unpaired) electrons. The van der Waals surface area contributed by atoms with Crippen LogP contribution >= 0.6 is 0 Å². The fourth-order valence-electron chi connectivity index (χ4n) is 2.97. The summed E-state index contributed by atoms with van der Waals surface area (Å²) in [6.07, 6.45) is 7.91. The molecule has 0 spiro atoms. The molecule has 1 heterocycles. The zero-order chi connectivity index (χ0) is 15.0. The number of carbonyl (C=O) groups excluding carboxylic acids is 1. The van der Waals surface area contributed by atoms with E-state index in [4.69, 9.17) is 5.73 Å². The first-order valence-corrected chi connectivity index (χ1v) is 8.28. The number of piperidine rings is 1. The Morgan fingerprint density at radius 2 is 2.15 bits per heavy atom. The van der Waals surface area contributed by atoms with Crippen molar-refractivity contribution in [2.45, 2.75) is 77.3 Å². The van der Waals surface area contributed by atoms with Gasteiger partial charge < -0.3 is 16.0 Å². The van der Waals surface area contributed by atoms with Crippen LogP contribution < -0.4 is 11.1 Å². The number of nitrogens with two attached hydrogens (primary N) is 1. The van der Waals surface area contributed by atoms with Crippen LogP contribution in [0.3, 0.4) is 0 Å². The highest BCUT2D eigenvalue weighted by Crippen LogP contribution is 2.16. The number of unbranched alkanes of at least 4 members (excludes halogenated alkanes) is 1. The molecular formula is C16H33N3O. The van der Waals surface area contributed by atoms with Crippen LogP contribution in [0.2, 0.25) is 0 Å². The number of hydrogen-bond donors (Lipinski definition) is 2. The second kappa shape index (κ2) is 8.63. The number of carbonyl (C=O) groups is 1. The summed E-state index contributed by atoms with van der Waals surface area (Å²) >= 11 is 0. The molecule has 2 unspecified atom stereocenters. The molecule has 2 atom stereocenters. The van der Waals surface area contributed by atoms with Gasteiger partial charge in [-0.1, -0.05) is 19.8 Å². The normalized spacial score (nSPS) is 23.3. The number of likely N-dealkylation sites (tertiary alicyclic amines) is 1. The van der Waals surface area contributed by atoms with Gasteiger partial charge in [-0.15, -0.1) is 0 Å². The van der Waals surface area contributed by atoms with E-state index in [1.807, 2.05) is 6.92 Å². The molecule has 1 aliphatic rings. The third-order valence-electron chi connectivity index (χ3n) is 4.39. The zero-order valence-electron chi connectivity index (χ0n) is 13.6. The van der Waals surface area contributed by atoms with Gasteiger partial charge in [0.05, 0.1) is 5.54 Å². The van der Waals surface area contributed by atoms with Crippen molar-refractivity contribution in [1.29, 1.82) is 0 Å². The summed E-state index contributed by atoms with van der Waals surface area (Å²) in [5.41, 5.74) is 5.29. The predicted octanol–water partition coefficient (Wildman–Crippen LogP) is 2.27. The molecule has 20 heavy (non-hydrogen) atoms. The van der Waals surface area contributed by atoms with Gasteiger partial charge in [0.15, 0.2) is 0 Å². The van der Waals surface area contributed by atoms with Gasteiger partial charge in [-0.25, -0.2) is 0 Å². The van der Waals surface area contributed by atoms with Crippen molar-refractivity contribution in [1.82, 2.24) is 10.2 Å². The minimum absolute atomic E-state index is 0.00862. The molecule has 118 valence electrons. The number of nitrogens with zero attached hydrogens (tertiary/aromatic N) is 1. The summed E-state index contributed by atoms with van der Waals surface area (Å²) in [5, 5.41) is 2.97. The molecule has 1 saturated heterocycles. The van der Waals surface area contributed by atoms with E-state index in [1.54, 1.807) is 0 Å². The minimum Gasteiger partial charge on any atom is -0.355 e.